The normalized spacial score (nSPS) is 16.8. The van der Waals surface area contributed by atoms with E-state index in [1.165, 1.54) is 19.3 Å². The van der Waals surface area contributed by atoms with E-state index in [9.17, 15) is 5.11 Å². The molecule has 1 aromatic carbocycles. The number of nitrogens with two attached hydrogens (primary N) is 1. The van der Waals surface area contributed by atoms with Crippen LogP contribution in [-0.2, 0) is 0 Å². The SMILES string of the molecule is Cl.N#Cc1cc(C(CO)NC2CCCCC2)cc(Br)c1N. The Bertz CT molecular complexity index is 512. The van der Waals surface area contributed by atoms with Crippen molar-refractivity contribution in [1.82, 2.24) is 5.32 Å². The van der Waals surface area contributed by atoms with Crippen molar-refractivity contribution in [2.75, 3.05) is 12.3 Å². The first kappa shape index (κ1) is 18.2. The Balaban J connectivity index is 0.00000220. The number of nitriles is 1. The maximum Gasteiger partial charge on any atom is 0.101 e. The molecule has 0 aromatic heterocycles. The van der Waals surface area contributed by atoms with Gasteiger partial charge in [-0.3, -0.25) is 0 Å². The molecule has 1 fully saturated rings. The summed E-state index contributed by atoms with van der Waals surface area (Å²) >= 11 is 3.37. The molecule has 0 amide bonds. The smallest absolute Gasteiger partial charge is 0.101 e. The van der Waals surface area contributed by atoms with Gasteiger partial charge in [0, 0.05) is 10.5 Å². The number of halogens is 2. The fourth-order valence-corrected chi connectivity index (χ4v) is 3.22. The molecular formula is C15H21BrClN3O. The summed E-state index contributed by atoms with van der Waals surface area (Å²) in [5.74, 6) is 0. The van der Waals surface area contributed by atoms with Crippen molar-refractivity contribution in [2.24, 2.45) is 0 Å². The van der Waals surface area contributed by atoms with E-state index in [0.29, 0.717) is 21.8 Å². The highest BCUT2D eigenvalue weighted by atomic mass is 79.9. The molecule has 2 rings (SSSR count). The van der Waals surface area contributed by atoms with Crippen LogP contribution in [0.15, 0.2) is 16.6 Å². The summed E-state index contributed by atoms with van der Waals surface area (Å²) in [7, 11) is 0. The van der Waals surface area contributed by atoms with Crippen LogP contribution in [0.4, 0.5) is 5.69 Å². The third kappa shape index (κ3) is 4.58. The monoisotopic (exact) mass is 373 g/mol. The van der Waals surface area contributed by atoms with Gasteiger partial charge in [-0.25, -0.2) is 0 Å². The van der Waals surface area contributed by atoms with Crippen molar-refractivity contribution >= 4 is 34.0 Å². The maximum atomic E-state index is 9.64. The summed E-state index contributed by atoms with van der Waals surface area (Å²) in [5.41, 5.74) is 7.63. The maximum absolute atomic E-state index is 9.64. The molecule has 6 heteroatoms. The van der Waals surface area contributed by atoms with Crippen molar-refractivity contribution in [2.45, 2.75) is 44.2 Å². The Morgan fingerprint density at radius 1 is 1.38 bits per heavy atom. The Hall–Kier alpha value is -0.800. The first-order valence-corrected chi connectivity index (χ1v) is 7.81. The van der Waals surface area contributed by atoms with E-state index in [1.54, 1.807) is 6.07 Å². The summed E-state index contributed by atoms with van der Waals surface area (Å²) in [6.07, 6.45) is 6.08. The number of anilines is 1. The van der Waals surface area contributed by atoms with Gasteiger partial charge in [0.05, 0.1) is 23.9 Å². The number of benzene rings is 1. The number of hydrogen-bond donors (Lipinski definition) is 3. The van der Waals surface area contributed by atoms with Crippen molar-refractivity contribution in [3.05, 3.63) is 27.7 Å². The molecule has 0 saturated heterocycles. The quantitative estimate of drug-likeness (QED) is 0.706. The van der Waals surface area contributed by atoms with Gasteiger partial charge in [-0.05, 0) is 46.5 Å². The minimum Gasteiger partial charge on any atom is -0.397 e. The standard InChI is InChI=1S/C15H20BrN3O.ClH/c16-13-7-10(6-11(8-17)15(13)18)14(9-20)19-12-4-2-1-3-5-12;/h6-7,12,14,19-20H,1-5,9,18H2;1H. The van der Waals surface area contributed by atoms with Crippen LogP contribution < -0.4 is 11.1 Å². The summed E-state index contributed by atoms with van der Waals surface area (Å²) in [6.45, 7) is 0.0116. The van der Waals surface area contributed by atoms with Crippen LogP contribution in [0.3, 0.4) is 0 Å². The van der Waals surface area contributed by atoms with Crippen LogP contribution in [-0.4, -0.2) is 17.8 Å². The van der Waals surface area contributed by atoms with Crippen molar-refractivity contribution < 1.29 is 5.11 Å². The summed E-state index contributed by atoms with van der Waals surface area (Å²) in [5, 5.41) is 22.3. The molecular weight excluding hydrogens is 354 g/mol. The zero-order chi connectivity index (χ0) is 14.5. The minimum absolute atomic E-state index is 0. The Labute approximate surface area is 140 Å². The van der Waals surface area contributed by atoms with Crippen LogP contribution in [0.25, 0.3) is 0 Å². The average Bonchev–Trinajstić information content (AvgIpc) is 2.48. The molecule has 0 heterocycles. The fraction of sp³-hybridized carbons (Fsp3) is 0.533. The van der Waals surface area contributed by atoms with Crippen molar-refractivity contribution in [1.29, 1.82) is 5.26 Å². The topological polar surface area (TPSA) is 82.1 Å². The van der Waals surface area contributed by atoms with Crippen molar-refractivity contribution in [3.63, 3.8) is 0 Å². The van der Waals surface area contributed by atoms with Crippen molar-refractivity contribution in [3.8, 4) is 6.07 Å². The molecule has 1 aliphatic carbocycles. The lowest BCUT2D eigenvalue weighted by molar-refractivity contribution is 0.220. The minimum atomic E-state index is -0.151. The van der Waals surface area contributed by atoms with Crippen LogP contribution in [0.5, 0.6) is 0 Å². The van der Waals surface area contributed by atoms with Gasteiger partial charge in [0.1, 0.15) is 6.07 Å². The molecule has 1 unspecified atom stereocenters. The van der Waals surface area contributed by atoms with E-state index in [1.807, 2.05) is 6.07 Å². The number of nitrogen functional groups attached to an aromatic ring is 1. The molecule has 1 atom stereocenters. The lowest BCUT2D eigenvalue weighted by Crippen LogP contribution is -2.36. The number of aliphatic hydroxyl groups is 1. The number of hydrogen-bond acceptors (Lipinski definition) is 4. The van der Waals surface area contributed by atoms with Gasteiger partial charge in [0.15, 0.2) is 0 Å². The lowest BCUT2D eigenvalue weighted by atomic mass is 9.93. The number of nitrogens with zero attached hydrogens (tertiary/aromatic N) is 1. The Morgan fingerprint density at radius 3 is 2.62 bits per heavy atom. The third-order valence-electron chi connectivity index (χ3n) is 3.90. The van der Waals surface area contributed by atoms with Gasteiger partial charge >= 0.3 is 0 Å². The second-order valence-electron chi connectivity index (χ2n) is 5.31. The first-order valence-electron chi connectivity index (χ1n) is 7.01. The molecule has 21 heavy (non-hydrogen) atoms. The summed E-state index contributed by atoms with van der Waals surface area (Å²) in [6, 6.07) is 6.03. The zero-order valence-electron chi connectivity index (χ0n) is 11.8. The molecule has 0 aliphatic heterocycles. The first-order chi connectivity index (χ1) is 9.65. The predicted octanol–water partition coefficient (Wildman–Crippen LogP) is 3.28. The molecule has 4 nitrogen and oxygen atoms in total. The molecule has 0 spiro atoms. The molecule has 1 saturated carbocycles. The molecule has 0 bridgehead atoms. The number of nitrogens with one attached hydrogen (secondary N) is 1. The van der Waals surface area contributed by atoms with E-state index in [0.717, 1.165) is 18.4 Å². The van der Waals surface area contributed by atoms with Gasteiger partial charge in [-0.15, -0.1) is 12.4 Å². The molecule has 116 valence electrons. The van der Waals surface area contributed by atoms with Gasteiger partial charge in [-0.2, -0.15) is 5.26 Å². The molecule has 1 aliphatic rings. The van der Waals surface area contributed by atoms with Crippen LogP contribution in [0, 0.1) is 11.3 Å². The largest absolute Gasteiger partial charge is 0.397 e. The Kier molecular flexibility index (Phi) is 7.47. The lowest BCUT2D eigenvalue weighted by Gasteiger charge is -2.28. The highest BCUT2D eigenvalue weighted by Gasteiger charge is 2.20. The average molecular weight is 375 g/mol. The van der Waals surface area contributed by atoms with Gasteiger partial charge in [0.2, 0.25) is 0 Å². The van der Waals surface area contributed by atoms with E-state index in [4.69, 9.17) is 11.0 Å². The molecule has 0 radical (unpaired) electrons. The highest BCUT2D eigenvalue weighted by Crippen LogP contribution is 2.29. The predicted molar refractivity (Wildman–Crippen MR) is 90.4 cm³/mol. The van der Waals surface area contributed by atoms with E-state index in [-0.39, 0.29) is 25.1 Å². The summed E-state index contributed by atoms with van der Waals surface area (Å²) < 4.78 is 0.704. The Morgan fingerprint density at radius 2 is 2.05 bits per heavy atom. The highest BCUT2D eigenvalue weighted by molar-refractivity contribution is 9.10. The van der Waals surface area contributed by atoms with E-state index < -0.39 is 0 Å². The third-order valence-corrected chi connectivity index (χ3v) is 4.56. The van der Waals surface area contributed by atoms with Gasteiger partial charge in [-0.1, -0.05) is 19.3 Å². The second-order valence-corrected chi connectivity index (χ2v) is 6.17. The van der Waals surface area contributed by atoms with Gasteiger partial charge < -0.3 is 16.2 Å². The van der Waals surface area contributed by atoms with E-state index >= 15 is 0 Å². The van der Waals surface area contributed by atoms with E-state index in [2.05, 4.69) is 27.3 Å². The molecule has 1 aromatic rings. The number of rotatable bonds is 4. The number of aliphatic hydroxyl groups excluding tert-OH is 1. The second kappa shape index (κ2) is 8.60. The zero-order valence-corrected chi connectivity index (χ0v) is 14.2. The fourth-order valence-electron chi connectivity index (χ4n) is 2.74. The van der Waals surface area contributed by atoms with Gasteiger partial charge in [0.25, 0.3) is 0 Å². The van der Waals surface area contributed by atoms with Crippen LogP contribution >= 0.6 is 28.3 Å². The van der Waals surface area contributed by atoms with Crippen LogP contribution in [0.1, 0.15) is 49.3 Å². The van der Waals surface area contributed by atoms with Crippen LogP contribution in [0.2, 0.25) is 0 Å². The molecule has 4 N–H and O–H groups in total. The summed E-state index contributed by atoms with van der Waals surface area (Å²) in [4.78, 5) is 0.